The predicted molar refractivity (Wildman–Crippen MR) is 134 cm³/mol. The van der Waals surface area contributed by atoms with E-state index in [2.05, 4.69) is 20.7 Å². The Morgan fingerprint density at radius 2 is 1.52 bits per heavy atom. The second-order valence-electron chi connectivity index (χ2n) is 8.63. The van der Waals surface area contributed by atoms with Crippen molar-refractivity contribution in [2.45, 2.75) is 31.6 Å². The number of ether oxygens (including phenoxy) is 1. The fourth-order valence-electron chi connectivity index (χ4n) is 3.89. The molecule has 0 fully saturated rings. The van der Waals surface area contributed by atoms with Crippen molar-refractivity contribution in [3.8, 4) is 5.75 Å². The molecular formula is C26H15BrF12N2O3. The highest BCUT2D eigenvalue weighted by atomic mass is 79.9. The van der Waals surface area contributed by atoms with E-state index in [-0.39, 0.29) is 18.7 Å². The van der Waals surface area contributed by atoms with E-state index in [0.717, 1.165) is 30.3 Å². The van der Waals surface area contributed by atoms with Crippen molar-refractivity contribution in [1.82, 2.24) is 0 Å². The van der Waals surface area contributed by atoms with E-state index in [1.54, 1.807) is 5.32 Å². The van der Waals surface area contributed by atoms with E-state index in [9.17, 15) is 57.9 Å². The van der Waals surface area contributed by atoms with Gasteiger partial charge in [0.15, 0.2) is 11.6 Å². The van der Waals surface area contributed by atoms with E-state index in [0.29, 0.717) is 11.0 Å². The Hall–Kier alpha value is -3.96. The van der Waals surface area contributed by atoms with Gasteiger partial charge in [-0.25, -0.2) is 17.6 Å². The minimum Gasteiger partial charge on any atom is -0.433 e. The van der Waals surface area contributed by atoms with Crippen LogP contribution in [0.15, 0.2) is 53.0 Å². The van der Waals surface area contributed by atoms with Crippen LogP contribution in [0, 0.1) is 17.5 Å². The summed E-state index contributed by atoms with van der Waals surface area (Å²) >= 11 is 2.49. The number of anilines is 2. The van der Waals surface area contributed by atoms with Crippen LogP contribution in [0.25, 0.3) is 0 Å². The quantitative estimate of drug-likeness (QED) is 0.238. The Labute approximate surface area is 247 Å². The van der Waals surface area contributed by atoms with Crippen molar-refractivity contribution in [2.24, 2.45) is 0 Å². The van der Waals surface area contributed by atoms with Gasteiger partial charge in [0.25, 0.3) is 11.8 Å². The molecule has 5 nitrogen and oxygen atoms in total. The number of carbonyl (C=O) groups is 2. The summed E-state index contributed by atoms with van der Waals surface area (Å²) in [5, 5.41) is 1.78. The van der Waals surface area contributed by atoms with Gasteiger partial charge in [-0.15, -0.1) is 0 Å². The third-order valence-electron chi connectivity index (χ3n) is 5.92. The number of hydrogen-bond acceptors (Lipinski definition) is 3. The summed E-state index contributed by atoms with van der Waals surface area (Å²) in [6.07, 6.45) is -13.2. The van der Waals surface area contributed by atoms with Crippen LogP contribution in [0.4, 0.5) is 64.1 Å². The molecule has 2 amide bonds. The lowest BCUT2D eigenvalue weighted by molar-refractivity contribution is -0.348. The van der Waals surface area contributed by atoms with Gasteiger partial charge in [-0.1, -0.05) is 6.07 Å². The maximum absolute atomic E-state index is 15.5. The van der Waals surface area contributed by atoms with Gasteiger partial charge in [0.1, 0.15) is 11.6 Å². The van der Waals surface area contributed by atoms with Crippen molar-refractivity contribution in [1.29, 1.82) is 0 Å². The highest BCUT2D eigenvalue weighted by Crippen LogP contribution is 2.55. The molecule has 0 unspecified atom stereocenters. The first-order valence-electron chi connectivity index (χ1n) is 11.7. The average Bonchev–Trinajstić information content (AvgIpc) is 2.89. The Balaban J connectivity index is 2.08. The van der Waals surface area contributed by atoms with Gasteiger partial charge < -0.3 is 15.0 Å². The zero-order valence-corrected chi connectivity index (χ0v) is 23.1. The molecule has 3 aromatic carbocycles. The molecule has 3 rings (SSSR count). The molecule has 238 valence electrons. The summed E-state index contributed by atoms with van der Waals surface area (Å²) < 4.78 is 166. The highest BCUT2D eigenvalue weighted by Gasteiger charge is 2.73. The molecule has 1 N–H and O–H groups in total. The molecular weight excluding hydrogens is 696 g/mol. The van der Waals surface area contributed by atoms with Gasteiger partial charge in [-0.3, -0.25) is 9.59 Å². The first-order chi connectivity index (χ1) is 20.2. The summed E-state index contributed by atoms with van der Waals surface area (Å²) in [6, 6.07) is 4.23. The minimum absolute atomic E-state index is 0.101. The van der Waals surface area contributed by atoms with E-state index in [4.69, 9.17) is 0 Å². The van der Waals surface area contributed by atoms with E-state index >= 15 is 4.39 Å². The molecule has 0 atom stereocenters. The molecule has 0 aliphatic rings. The number of carbonyl (C=O) groups excluding carboxylic acids is 2. The molecule has 0 aromatic heterocycles. The first kappa shape index (κ1) is 34.5. The number of nitrogens with one attached hydrogen (secondary N) is 1. The van der Waals surface area contributed by atoms with Crippen molar-refractivity contribution >= 4 is 39.1 Å². The largest absolute Gasteiger partial charge is 0.435 e. The summed E-state index contributed by atoms with van der Waals surface area (Å²) in [5.41, 5.74) is -11.6. The second kappa shape index (κ2) is 12.6. The molecule has 44 heavy (non-hydrogen) atoms. The maximum Gasteiger partial charge on any atom is 0.435 e. The minimum atomic E-state index is -6.62. The molecule has 0 saturated heterocycles. The van der Waals surface area contributed by atoms with Crippen molar-refractivity contribution in [2.75, 3.05) is 16.8 Å². The molecule has 18 heteroatoms. The molecule has 0 radical (unpaired) electrons. The summed E-state index contributed by atoms with van der Waals surface area (Å²) in [6.45, 7) is -2.92. The topological polar surface area (TPSA) is 58.6 Å². The van der Waals surface area contributed by atoms with Gasteiger partial charge in [-0.05, 0) is 59.3 Å². The summed E-state index contributed by atoms with van der Waals surface area (Å²) in [4.78, 5) is 26.5. The molecule has 3 aromatic rings. The average molecular weight is 711 g/mol. The first-order valence-corrected chi connectivity index (χ1v) is 12.5. The maximum atomic E-state index is 15.5. The van der Waals surface area contributed by atoms with E-state index < -0.39 is 92.2 Å². The SMILES string of the molecule is CCN(C(=O)c1ccc(F)cc1F)c1cccc(C(=O)Nc2c(Br)cc(C(F)(C(F)(F)F)C(F)(F)F)cc2OC(F)F)c1F. The lowest BCUT2D eigenvalue weighted by Crippen LogP contribution is -2.50. The molecule has 0 spiro atoms. The lowest BCUT2D eigenvalue weighted by atomic mass is 9.93. The standard InChI is InChI=1S/C26H15BrF12N2O3/c1-2-41(22(43)13-7-6-12(28)10-16(13)29)17-5-3-4-14(19(17)30)21(42)40-20-15(27)8-11(9-18(20)44-23(31)32)24(33,25(34,35)36)26(37,38)39/h3-10,23H,2H2,1H3,(H,40,42). The van der Waals surface area contributed by atoms with Crippen molar-refractivity contribution in [3.63, 3.8) is 0 Å². The number of halogens is 13. The van der Waals surface area contributed by atoms with Crippen LogP contribution in [-0.4, -0.2) is 37.3 Å². The number of alkyl halides is 9. The Morgan fingerprint density at radius 3 is 2.05 bits per heavy atom. The van der Waals surface area contributed by atoms with Crippen LogP contribution >= 0.6 is 15.9 Å². The second-order valence-corrected chi connectivity index (χ2v) is 9.48. The zero-order chi connectivity index (χ0) is 33.4. The van der Waals surface area contributed by atoms with Gasteiger partial charge in [0.2, 0.25) is 0 Å². The molecule has 0 bridgehead atoms. The zero-order valence-electron chi connectivity index (χ0n) is 21.5. The summed E-state index contributed by atoms with van der Waals surface area (Å²) in [7, 11) is 0. The smallest absolute Gasteiger partial charge is 0.433 e. The van der Waals surface area contributed by atoms with Crippen molar-refractivity contribution in [3.05, 3.63) is 87.1 Å². The lowest BCUT2D eigenvalue weighted by Gasteiger charge is -2.31. The van der Waals surface area contributed by atoms with Crippen LogP contribution in [-0.2, 0) is 5.67 Å². The van der Waals surface area contributed by atoms with E-state index in [1.807, 2.05) is 0 Å². The highest BCUT2D eigenvalue weighted by molar-refractivity contribution is 9.10. The third kappa shape index (κ3) is 6.58. The predicted octanol–water partition coefficient (Wildman–Crippen LogP) is 8.68. The Morgan fingerprint density at radius 1 is 0.909 bits per heavy atom. The fourth-order valence-corrected chi connectivity index (χ4v) is 4.44. The molecule has 0 aliphatic carbocycles. The van der Waals surface area contributed by atoms with Gasteiger partial charge in [0.05, 0.1) is 22.5 Å². The van der Waals surface area contributed by atoms with E-state index in [1.165, 1.54) is 6.92 Å². The molecule has 0 aliphatic heterocycles. The number of amides is 2. The monoisotopic (exact) mass is 710 g/mol. The van der Waals surface area contributed by atoms with Crippen LogP contribution < -0.4 is 15.0 Å². The van der Waals surface area contributed by atoms with Crippen molar-refractivity contribution < 1.29 is 67.0 Å². The molecule has 0 heterocycles. The van der Waals surface area contributed by atoms with Crippen LogP contribution in [0.5, 0.6) is 5.75 Å². The van der Waals surface area contributed by atoms with Crippen LogP contribution in [0.2, 0.25) is 0 Å². The third-order valence-corrected chi connectivity index (χ3v) is 6.55. The molecule has 0 saturated carbocycles. The van der Waals surface area contributed by atoms with Gasteiger partial charge in [-0.2, -0.15) is 35.1 Å². The van der Waals surface area contributed by atoms with Crippen LogP contribution in [0.3, 0.4) is 0 Å². The number of hydrogen-bond donors (Lipinski definition) is 1. The Kier molecular flexibility index (Phi) is 9.86. The van der Waals surface area contributed by atoms with Crippen LogP contribution in [0.1, 0.15) is 33.2 Å². The number of nitrogens with zero attached hydrogens (tertiary/aromatic N) is 1. The van der Waals surface area contributed by atoms with Gasteiger partial charge >= 0.3 is 24.6 Å². The normalized spacial score (nSPS) is 12.3. The Bertz CT molecular complexity index is 1560. The summed E-state index contributed by atoms with van der Waals surface area (Å²) in [5.74, 6) is -8.07. The van der Waals surface area contributed by atoms with Gasteiger partial charge in [0, 0.05) is 22.6 Å². The number of benzene rings is 3. The fraction of sp³-hybridized carbons (Fsp3) is 0.231. The number of rotatable bonds is 8.